The number of amides is 2. The predicted molar refractivity (Wildman–Crippen MR) is 78.6 cm³/mol. The molecular weight excluding hydrogens is 291 g/mol. The quantitative estimate of drug-likeness (QED) is 0.407. The average molecular weight is 310 g/mol. The van der Waals surface area contributed by atoms with E-state index in [0.717, 1.165) is 18.6 Å². The van der Waals surface area contributed by atoms with E-state index in [2.05, 4.69) is 10.6 Å². The van der Waals surface area contributed by atoms with Crippen molar-refractivity contribution in [1.29, 1.82) is 0 Å². The van der Waals surface area contributed by atoms with Gasteiger partial charge in [0.05, 0.1) is 0 Å². The maximum atomic E-state index is 12.3. The predicted octanol–water partition coefficient (Wildman–Crippen LogP) is -0.519. The monoisotopic (exact) mass is 310 g/mol. The molecule has 0 radical (unpaired) electrons. The number of carbonyl (C=O) groups excluding carboxylic acids is 2. The molecule has 0 saturated carbocycles. The average Bonchev–Trinajstić information content (AvgIpc) is 2.28. The zero-order valence-electron chi connectivity index (χ0n) is 12.0. The van der Waals surface area contributed by atoms with Crippen LogP contribution in [0.4, 0.5) is 0 Å². The van der Waals surface area contributed by atoms with Crippen molar-refractivity contribution in [2.75, 3.05) is 11.5 Å². The normalized spacial score (nSPS) is 24.3. The van der Waals surface area contributed by atoms with Crippen molar-refractivity contribution >= 4 is 40.9 Å². The number of hydrogen-bond donors (Lipinski definition) is 1. The minimum Gasteiger partial charge on any atom is -0.418 e. The first-order valence-electron chi connectivity index (χ1n) is 6.18. The summed E-state index contributed by atoms with van der Waals surface area (Å²) in [6.45, 7) is 6.00. The Labute approximate surface area is 146 Å². The molecule has 19 heavy (non-hydrogen) atoms. The number of hydrogen-bond acceptors (Lipinski definition) is 4. The largest absolute Gasteiger partial charge is 1.00 e. The minimum atomic E-state index is -1.04. The molecule has 1 heterocycles. The number of thiocarbonyl (C=S) groups is 1. The molecule has 1 rings (SSSR count). The van der Waals surface area contributed by atoms with Crippen LogP contribution in [0.5, 0.6) is 0 Å². The van der Waals surface area contributed by atoms with Crippen LogP contribution in [0.3, 0.4) is 0 Å². The van der Waals surface area contributed by atoms with Gasteiger partial charge in [0.15, 0.2) is 11.8 Å². The Morgan fingerprint density at radius 3 is 2.53 bits per heavy atom. The number of rotatable bonds is 6. The Hall–Kier alpha value is 0.380. The molecule has 0 aromatic heterocycles. The molecule has 2 atom stereocenters. The summed E-state index contributed by atoms with van der Waals surface area (Å²) in [5.41, 5.74) is -1.04. The van der Waals surface area contributed by atoms with Crippen molar-refractivity contribution < 1.29 is 39.1 Å². The van der Waals surface area contributed by atoms with Gasteiger partial charge < -0.3 is 10.6 Å². The Morgan fingerprint density at radius 1 is 1.42 bits per heavy atom. The summed E-state index contributed by atoms with van der Waals surface area (Å²) in [6.07, 6.45) is 1.76. The first kappa shape index (κ1) is 19.4. The summed E-state index contributed by atoms with van der Waals surface area (Å²) >= 11 is 6.39. The molecule has 0 aliphatic carbocycles. The minimum absolute atomic E-state index is 0. The van der Waals surface area contributed by atoms with Crippen LogP contribution >= 0.6 is 24.0 Å². The first-order chi connectivity index (χ1) is 8.48. The van der Waals surface area contributed by atoms with Gasteiger partial charge in [-0.1, -0.05) is 39.4 Å². The van der Waals surface area contributed by atoms with E-state index in [-0.39, 0.29) is 52.4 Å². The molecule has 0 aromatic carbocycles. The Balaban J connectivity index is 0.00000324. The van der Waals surface area contributed by atoms with E-state index in [0.29, 0.717) is 5.75 Å². The second-order valence-electron chi connectivity index (χ2n) is 4.47. The van der Waals surface area contributed by atoms with Gasteiger partial charge in [0.25, 0.3) is 0 Å². The Bertz CT molecular complexity index is 344. The van der Waals surface area contributed by atoms with E-state index in [4.69, 9.17) is 12.2 Å². The number of nitrogens with one attached hydrogen (secondary N) is 1. The van der Waals surface area contributed by atoms with Crippen molar-refractivity contribution in [3.8, 4) is 0 Å². The van der Waals surface area contributed by atoms with Crippen molar-refractivity contribution in [2.45, 2.75) is 33.6 Å². The number of carbonyl (C=O) groups is 2. The maximum absolute atomic E-state index is 12.3. The van der Waals surface area contributed by atoms with E-state index in [1.807, 2.05) is 20.8 Å². The fraction of sp³-hybridized carbons (Fsp3) is 0.750. The van der Waals surface area contributed by atoms with Crippen LogP contribution < -0.4 is 34.9 Å². The zero-order valence-corrected chi connectivity index (χ0v) is 15.6. The van der Waals surface area contributed by atoms with E-state index < -0.39 is 5.41 Å². The van der Waals surface area contributed by atoms with Crippen molar-refractivity contribution in [3.63, 3.8) is 0 Å². The van der Waals surface area contributed by atoms with Gasteiger partial charge in [-0.3, -0.25) is 9.59 Å². The van der Waals surface area contributed by atoms with E-state index in [1.54, 1.807) is 11.8 Å². The van der Waals surface area contributed by atoms with E-state index in [1.165, 1.54) is 0 Å². The molecule has 0 aromatic rings. The van der Waals surface area contributed by atoms with Crippen molar-refractivity contribution in [2.24, 2.45) is 11.3 Å². The fourth-order valence-corrected chi connectivity index (χ4v) is 3.41. The fourth-order valence-electron chi connectivity index (χ4n) is 2.17. The molecule has 0 bridgehead atoms. The number of nitrogens with zero attached hydrogens (tertiary/aromatic N) is 1. The molecule has 1 aliphatic rings. The van der Waals surface area contributed by atoms with Crippen LogP contribution in [0, 0.1) is 11.3 Å². The Kier molecular flexibility index (Phi) is 8.79. The number of thioether (sulfide) groups is 1. The first-order valence-corrected chi connectivity index (χ1v) is 7.74. The van der Waals surface area contributed by atoms with Crippen LogP contribution in [0.15, 0.2) is 0 Å². The molecule has 2 unspecified atom stereocenters. The van der Waals surface area contributed by atoms with E-state index in [9.17, 15) is 9.59 Å². The van der Waals surface area contributed by atoms with Gasteiger partial charge in [-0.2, -0.15) is 11.8 Å². The van der Waals surface area contributed by atoms with Crippen LogP contribution in [0.25, 0.3) is 5.32 Å². The van der Waals surface area contributed by atoms with Crippen molar-refractivity contribution in [3.05, 3.63) is 5.32 Å². The van der Waals surface area contributed by atoms with Gasteiger partial charge in [0, 0.05) is 10.9 Å². The molecule has 1 fully saturated rings. The second-order valence-corrected chi connectivity index (χ2v) is 6.14. The van der Waals surface area contributed by atoms with Crippen LogP contribution in [0.2, 0.25) is 0 Å². The van der Waals surface area contributed by atoms with Crippen LogP contribution in [-0.4, -0.2) is 28.4 Å². The molecule has 1 N–H and O–H groups in total. The topological polar surface area (TPSA) is 60.3 Å². The molecule has 4 nitrogen and oxygen atoms in total. The van der Waals surface area contributed by atoms with Gasteiger partial charge >= 0.3 is 29.6 Å². The summed E-state index contributed by atoms with van der Waals surface area (Å²) in [5, 5.41) is 6.32. The molecule has 1 saturated heterocycles. The van der Waals surface area contributed by atoms with Crippen LogP contribution in [0.1, 0.15) is 33.6 Å². The van der Waals surface area contributed by atoms with Gasteiger partial charge in [0.2, 0.25) is 0 Å². The van der Waals surface area contributed by atoms with Gasteiger partial charge in [0.1, 0.15) is 5.41 Å². The summed E-state index contributed by atoms with van der Waals surface area (Å²) in [7, 11) is 0. The summed E-state index contributed by atoms with van der Waals surface area (Å²) < 4.78 is 0. The van der Waals surface area contributed by atoms with Gasteiger partial charge in [-0.25, -0.2) is 0 Å². The molecule has 0 spiro atoms. The summed E-state index contributed by atoms with van der Waals surface area (Å²) in [5.74, 6) is 0.654. The zero-order chi connectivity index (χ0) is 13.8. The third-order valence-corrected chi connectivity index (χ3v) is 4.57. The molecule has 7 heteroatoms. The second kappa shape index (κ2) is 8.62. The van der Waals surface area contributed by atoms with Gasteiger partial charge in [-0.15, -0.1) is 0 Å². The Morgan fingerprint density at radius 2 is 2.05 bits per heavy atom. The molecular formula is C12H19N2NaO2S2. The SMILES string of the molecule is CCCC(C)C1(CSCC)C(=O)[N-]C(=S)NC1=O.[Na+]. The third kappa shape index (κ3) is 4.17. The maximum Gasteiger partial charge on any atom is 1.00 e. The summed E-state index contributed by atoms with van der Waals surface area (Å²) in [6, 6.07) is 0. The van der Waals surface area contributed by atoms with Gasteiger partial charge in [-0.05, 0) is 18.1 Å². The van der Waals surface area contributed by atoms with Crippen molar-refractivity contribution in [1.82, 2.24) is 5.32 Å². The standard InChI is InChI=1S/C12H20N2O2S2.Na/c1-4-6-8(3)12(7-18-5-2)9(15)13-11(17)14-10(12)16;/h8H,4-7H2,1-3H3,(H2,13,14,15,16,17);/q;+1/p-1. The molecule has 102 valence electrons. The summed E-state index contributed by atoms with van der Waals surface area (Å²) in [4.78, 5) is 24.5. The third-order valence-electron chi connectivity index (χ3n) is 3.31. The van der Waals surface area contributed by atoms with E-state index >= 15 is 0 Å². The smallest absolute Gasteiger partial charge is 0.418 e. The molecule has 2 amide bonds. The van der Waals surface area contributed by atoms with Crippen LogP contribution in [-0.2, 0) is 9.59 Å². The molecule has 1 aliphatic heterocycles.